The molecule has 0 saturated heterocycles. The van der Waals surface area contributed by atoms with Crippen molar-refractivity contribution in [3.63, 3.8) is 0 Å². The van der Waals surface area contributed by atoms with Crippen LogP contribution in [-0.2, 0) is 0 Å². The van der Waals surface area contributed by atoms with E-state index < -0.39 is 5.97 Å². The van der Waals surface area contributed by atoms with E-state index in [-0.39, 0.29) is 5.69 Å². The van der Waals surface area contributed by atoms with Crippen LogP contribution < -0.4 is 9.47 Å². The molecule has 0 radical (unpaired) electrons. The molecule has 3 rings (SSSR count). The molecule has 2 heterocycles. The molecular formula is C15H11NO4S. The van der Waals surface area contributed by atoms with E-state index >= 15 is 0 Å². The molecule has 3 aromatic rings. The van der Waals surface area contributed by atoms with Gasteiger partial charge in [0.1, 0.15) is 11.5 Å². The molecule has 0 atom stereocenters. The van der Waals surface area contributed by atoms with E-state index in [1.54, 1.807) is 55.2 Å². The van der Waals surface area contributed by atoms with Crippen LogP contribution in [0.2, 0.25) is 0 Å². The molecule has 1 aromatic carbocycles. The molecule has 0 aliphatic rings. The summed E-state index contributed by atoms with van der Waals surface area (Å²) in [5.41, 5.74) is 0.252. The first-order valence-corrected chi connectivity index (χ1v) is 7.00. The maximum Gasteiger partial charge on any atom is 0.363 e. The van der Waals surface area contributed by atoms with Crippen LogP contribution in [0, 0.1) is 0 Å². The molecule has 5 nitrogen and oxygen atoms in total. The molecule has 0 bridgehead atoms. The Morgan fingerprint density at radius 2 is 1.95 bits per heavy atom. The van der Waals surface area contributed by atoms with Gasteiger partial charge < -0.3 is 13.9 Å². The van der Waals surface area contributed by atoms with Crippen LogP contribution in [0.4, 0.5) is 0 Å². The Morgan fingerprint density at radius 3 is 2.62 bits per heavy atom. The summed E-state index contributed by atoms with van der Waals surface area (Å²) in [4.78, 5) is 16.2. The van der Waals surface area contributed by atoms with E-state index in [2.05, 4.69) is 4.98 Å². The summed E-state index contributed by atoms with van der Waals surface area (Å²) in [6, 6.07) is 10.3. The van der Waals surface area contributed by atoms with Crippen molar-refractivity contribution in [2.75, 3.05) is 7.11 Å². The SMILES string of the molecule is COc1ccc(OC(=O)c2csc(-c3ccco3)n2)cc1. The van der Waals surface area contributed by atoms with Crippen LogP contribution in [0.5, 0.6) is 11.5 Å². The fourth-order valence-corrected chi connectivity index (χ4v) is 2.44. The number of thiazole rings is 1. The third kappa shape index (κ3) is 2.95. The van der Waals surface area contributed by atoms with E-state index in [1.165, 1.54) is 11.3 Å². The Bertz CT molecular complexity index is 731. The van der Waals surface area contributed by atoms with Gasteiger partial charge in [0.05, 0.1) is 13.4 Å². The van der Waals surface area contributed by atoms with Crippen molar-refractivity contribution in [3.8, 4) is 22.3 Å². The van der Waals surface area contributed by atoms with Crippen molar-refractivity contribution < 1.29 is 18.7 Å². The van der Waals surface area contributed by atoms with E-state index in [0.29, 0.717) is 22.3 Å². The lowest BCUT2D eigenvalue weighted by atomic mass is 10.3. The van der Waals surface area contributed by atoms with Gasteiger partial charge in [0.25, 0.3) is 0 Å². The molecule has 0 spiro atoms. The highest BCUT2D eigenvalue weighted by atomic mass is 32.1. The molecule has 6 heteroatoms. The van der Waals surface area contributed by atoms with Gasteiger partial charge in [-0.25, -0.2) is 9.78 Å². The van der Waals surface area contributed by atoms with Crippen LogP contribution in [0.15, 0.2) is 52.5 Å². The van der Waals surface area contributed by atoms with Crippen molar-refractivity contribution in [1.29, 1.82) is 0 Å². The Balaban J connectivity index is 1.73. The lowest BCUT2D eigenvalue weighted by Crippen LogP contribution is -2.08. The molecule has 106 valence electrons. The van der Waals surface area contributed by atoms with Gasteiger partial charge in [0, 0.05) is 5.38 Å². The van der Waals surface area contributed by atoms with E-state index in [9.17, 15) is 4.79 Å². The predicted octanol–water partition coefficient (Wildman–Crippen LogP) is 3.63. The molecule has 0 fully saturated rings. The topological polar surface area (TPSA) is 61.6 Å². The Labute approximate surface area is 124 Å². The number of carbonyl (C=O) groups is 1. The summed E-state index contributed by atoms with van der Waals surface area (Å²) in [7, 11) is 1.58. The molecule has 2 aromatic heterocycles. The van der Waals surface area contributed by atoms with Gasteiger partial charge in [-0.1, -0.05) is 0 Å². The van der Waals surface area contributed by atoms with Gasteiger partial charge in [-0.3, -0.25) is 0 Å². The quantitative estimate of drug-likeness (QED) is 0.544. The third-order valence-corrected chi connectivity index (χ3v) is 3.57. The third-order valence-electron chi connectivity index (χ3n) is 2.72. The molecular weight excluding hydrogens is 290 g/mol. The Kier molecular flexibility index (Phi) is 3.70. The molecule has 0 N–H and O–H groups in total. The maximum atomic E-state index is 12.0. The molecule has 0 aliphatic heterocycles. The smallest absolute Gasteiger partial charge is 0.363 e. The van der Waals surface area contributed by atoms with Crippen LogP contribution in [0.3, 0.4) is 0 Å². The molecule has 0 aliphatic carbocycles. The zero-order chi connectivity index (χ0) is 14.7. The van der Waals surface area contributed by atoms with Crippen LogP contribution in [-0.4, -0.2) is 18.1 Å². The predicted molar refractivity (Wildman–Crippen MR) is 77.8 cm³/mol. The van der Waals surface area contributed by atoms with Crippen molar-refractivity contribution in [1.82, 2.24) is 4.98 Å². The van der Waals surface area contributed by atoms with E-state index in [0.717, 1.165) is 0 Å². The van der Waals surface area contributed by atoms with E-state index in [4.69, 9.17) is 13.9 Å². The average molecular weight is 301 g/mol. The first kappa shape index (κ1) is 13.4. The average Bonchev–Trinajstić information content (AvgIpc) is 3.19. The number of ether oxygens (including phenoxy) is 2. The van der Waals surface area contributed by atoms with Crippen LogP contribution in [0.1, 0.15) is 10.5 Å². The first-order chi connectivity index (χ1) is 10.3. The highest BCUT2D eigenvalue weighted by molar-refractivity contribution is 7.13. The fraction of sp³-hybridized carbons (Fsp3) is 0.0667. The summed E-state index contributed by atoms with van der Waals surface area (Å²) >= 11 is 1.33. The zero-order valence-corrected chi connectivity index (χ0v) is 11.9. The normalized spacial score (nSPS) is 10.3. The first-order valence-electron chi connectivity index (χ1n) is 6.12. The van der Waals surface area contributed by atoms with Crippen LogP contribution in [0.25, 0.3) is 10.8 Å². The van der Waals surface area contributed by atoms with Gasteiger partial charge in [0.15, 0.2) is 16.5 Å². The van der Waals surface area contributed by atoms with Gasteiger partial charge >= 0.3 is 5.97 Å². The van der Waals surface area contributed by atoms with Crippen molar-refractivity contribution in [3.05, 3.63) is 53.7 Å². The fourth-order valence-electron chi connectivity index (χ4n) is 1.68. The second kappa shape index (κ2) is 5.80. The molecule has 0 unspecified atom stereocenters. The summed E-state index contributed by atoms with van der Waals surface area (Å²) in [5.74, 6) is 1.26. The molecule has 0 saturated carbocycles. The van der Waals surface area contributed by atoms with Gasteiger partial charge in [-0.2, -0.15) is 0 Å². The number of esters is 1. The highest BCUT2D eigenvalue weighted by Crippen LogP contribution is 2.25. The maximum absolute atomic E-state index is 12.0. The zero-order valence-electron chi connectivity index (χ0n) is 11.1. The molecule has 21 heavy (non-hydrogen) atoms. The summed E-state index contributed by atoms with van der Waals surface area (Å²) in [6.07, 6.45) is 1.56. The number of aromatic nitrogens is 1. The summed E-state index contributed by atoms with van der Waals surface area (Å²) in [5, 5.41) is 2.28. The second-order valence-electron chi connectivity index (χ2n) is 4.08. The number of benzene rings is 1. The van der Waals surface area contributed by atoms with Crippen molar-refractivity contribution >= 4 is 17.3 Å². The van der Waals surface area contributed by atoms with Gasteiger partial charge in [-0.15, -0.1) is 11.3 Å². The molecule has 0 amide bonds. The van der Waals surface area contributed by atoms with Crippen molar-refractivity contribution in [2.24, 2.45) is 0 Å². The Morgan fingerprint density at radius 1 is 1.19 bits per heavy atom. The lowest BCUT2D eigenvalue weighted by molar-refractivity contribution is 0.0729. The van der Waals surface area contributed by atoms with Crippen LogP contribution >= 0.6 is 11.3 Å². The number of nitrogens with zero attached hydrogens (tertiary/aromatic N) is 1. The standard InChI is InChI=1S/C15H11NO4S/c1-18-10-4-6-11(7-5-10)20-15(17)12-9-21-14(16-12)13-3-2-8-19-13/h2-9H,1H3. The summed E-state index contributed by atoms with van der Waals surface area (Å²) < 4.78 is 15.5. The van der Waals surface area contributed by atoms with Crippen molar-refractivity contribution in [2.45, 2.75) is 0 Å². The number of rotatable bonds is 4. The van der Waals surface area contributed by atoms with Gasteiger partial charge in [-0.05, 0) is 36.4 Å². The van der Waals surface area contributed by atoms with Gasteiger partial charge in [0.2, 0.25) is 0 Å². The number of furan rings is 1. The number of hydrogen-bond acceptors (Lipinski definition) is 6. The Hall–Kier alpha value is -2.60. The summed E-state index contributed by atoms with van der Waals surface area (Å²) in [6.45, 7) is 0. The minimum Gasteiger partial charge on any atom is -0.497 e. The highest BCUT2D eigenvalue weighted by Gasteiger charge is 2.15. The largest absolute Gasteiger partial charge is 0.497 e. The number of carbonyl (C=O) groups excluding carboxylic acids is 1. The monoisotopic (exact) mass is 301 g/mol. The minimum atomic E-state index is -0.505. The minimum absolute atomic E-state index is 0.252. The van der Waals surface area contributed by atoms with E-state index in [1.807, 2.05) is 0 Å². The number of methoxy groups -OCH3 is 1. The second-order valence-corrected chi connectivity index (χ2v) is 4.94. The lowest BCUT2D eigenvalue weighted by Gasteiger charge is -2.03. The number of hydrogen-bond donors (Lipinski definition) is 0.